The van der Waals surface area contributed by atoms with Crippen molar-refractivity contribution in [1.29, 1.82) is 0 Å². The normalized spacial score (nSPS) is 25.7. The second kappa shape index (κ2) is 8.41. The number of rotatable bonds is 4. The summed E-state index contributed by atoms with van der Waals surface area (Å²) in [5.74, 6) is -1.01. The van der Waals surface area contributed by atoms with E-state index in [9.17, 15) is 35.4 Å². The van der Waals surface area contributed by atoms with Crippen molar-refractivity contribution in [2.24, 2.45) is 0 Å². The molecule has 0 unspecified atom stereocenters. The fourth-order valence-electron chi connectivity index (χ4n) is 3.71. The number of benzene rings is 2. The molecule has 0 aliphatic carbocycles. The van der Waals surface area contributed by atoms with E-state index in [0.29, 0.717) is 5.56 Å². The first kappa shape index (κ1) is 22.1. The van der Waals surface area contributed by atoms with Gasteiger partial charge in [-0.2, -0.15) is 0 Å². The van der Waals surface area contributed by atoms with Gasteiger partial charge in [0.15, 0.2) is 5.58 Å². The second-order valence-electron chi connectivity index (χ2n) is 7.52. The van der Waals surface area contributed by atoms with Gasteiger partial charge in [-0.25, -0.2) is 4.79 Å². The van der Waals surface area contributed by atoms with Crippen LogP contribution in [0.25, 0.3) is 22.1 Å². The standard InChI is InChI=1S/C22H22O10/c1-9-12(30-22-19(28)18(27)16(25)13(8-23)31-22)7-11(24)15-17(26)14(21(29)32-20(9)15)10-5-3-2-4-6-10/h2-7,13,16,18-19,22-28H,8H2,1H3/t13-,16-,18+,19-,22-/m1/s1. The molecule has 0 radical (unpaired) electrons. The Morgan fingerprint density at radius 2 is 1.72 bits per heavy atom. The second-order valence-corrected chi connectivity index (χ2v) is 7.52. The van der Waals surface area contributed by atoms with Gasteiger partial charge < -0.3 is 44.5 Å². The number of hydrogen-bond donors (Lipinski definition) is 6. The zero-order valence-electron chi connectivity index (χ0n) is 16.9. The molecule has 10 heteroatoms. The highest BCUT2D eigenvalue weighted by atomic mass is 16.7. The molecule has 5 atom stereocenters. The summed E-state index contributed by atoms with van der Waals surface area (Å²) in [7, 11) is 0. The molecule has 1 saturated heterocycles. The summed E-state index contributed by atoms with van der Waals surface area (Å²) in [6.45, 7) is 0.851. The van der Waals surface area contributed by atoms with Crippen molar-refractivity contribution in [3.05, 3.63) is 52.4 Å². The molecule has 3 aromatic rings. The lowest BCUT2D eigenvalue weighted by atomic mass is 9.99. The number of phenolic OH excluding ortho intramolecular Hbond substituents is 1. The highest BCUT2D eigenvalue weighted by Crippen LogP contribution is 2.43. The van der Waals surface area contributed by atoms with Gasteiger partial charge in [-0.05, 0) is 12.5 Å². The molecule has 0 saturated carbocycles. The molecule has 0 spiro atoms. The Balaban J connectivity index is 1.79. The summed E-state index contributed by atoms with van der Waals surface area (Å²) in [6.07, 6.45) is -7.60. The predicted octanol–water partition coefficient (Wildman–Crippen LogP) is 0.358. The van der Waals surface area contributed by atoms with Crippen molar-refractivity contribution in [2.75, 3.05) is 6.61 Å². The Morgan fingerprint density at radius 1 is 1.03 bits per heavy atom. The molecule has 1 aliphatic rings. The van der Waals surface area contributed by atoms with E-state index in [1.165, 1.54) is 6.92 Å². The van der Waals surface area contributed by atoms with Crippen molar-refractivity contribution in [3.63, 3.8) is 0 Å². The zero-order valence-corrected chi connectivity index (χ0v) is 16.9. The Morgan fingerprint density at radius 3 is 2.38 bits per heavy atom. The van der Waals surface area contributed by atoms with Gasteiger partial charge in [0.25, 0.3) is 0 Å². The van der Waals surface area contributed by atoms with Gasteiger partial charge in [-0.3, -0.25) is 0 Å². The van der Waals surface area contributed by atoms with E-state index in [4.69, 9.17) is 13.9 Å². The van der Waals surface area contributed by atoms with Crippen LogP contribution in [0.2, 0.25) is 0 Å². The quantitative estimate of drug-likeness (QED) is 0.308. The average Bonchev–Trinajstić information content (AvgIpc) is 2.77. The van der Waals surface area contributed by atoms with Crippen molar-refractivity contribution in [3.8, 4) is 28.4 Å². The highest BCUT2D eigenvalue weighted by molar-refractivity contribution is 5.97. The van der Waals surface area contributed by atoms with Gasteiger partial charge >= 0.3 is 5.63 Å². The lowest BCUT2D eigenvalue weighted by molar-refractivity contribution is -0.277. The average molecular weight is 446 g/mol. The smallest absolute Gasteiger partial charge is 0.347 e. The van der Waals surface area contributed by atoms with E-state index in [1.54, 1.807) is 30.3 Å². The van der Waals surface area contributed by atoms with Gasteiger partial charge in [0.05, 0.1) is 6.61 Å². The van der Waals surface area contributed by atoms with Crippen LogP contribution in [-0.4, -0.2) is 68.0 Å². The van der Waals surface area contributed by atoms with Crippen LogP contribution in [0, 0.1) is 6.92 Å². The first-order valence-electron chi connectivity index (χ1n) is 9.79. The minimum absolute atomic E-state index is 0.0747. The third-order valence-electron chi connectivity index (χ3n) is 5.49. The maximum absolute atomic E-state index is 12.6. The predicted molar refractivity (Wildman–Crippen MR) is 110 cm³/mol. The van der Waals surface area contributed by atoms with Crippen LogP contribution in [0.4, 0.5) is 0 Å². The number of ether oxygens (including phenoxy) is 2. The van der Waals surface area contributed by atoms with Crippen LogP contribution in [0.5, 0.6) is 17.2 Å². The summed E-state index contributed by atoms with van der Waals surface area (Å²) >= 11 is 0. The van der Waals surface area contributed by atoms with Crippen LogP contribution >= 0.6 is 0 Å². The molecule has 1 aliphatic heterocycles. The first-order valence-corrected chi connectivity index (χ1v) is 9.79. The number of hydrogen-bond acceptors (Lipinski definition) is 10. The van der Waals surface area contributed by atoms with Crippen LogP contribution in [0.1, 0.15) is 5.56 Å². The molecule has 170 valence electrons. The molecule has 6 N–H and O–H groups in total. The largest absolute Gasteiger partial charge is 0.507 e. The first-order chi connectivity index (χ1) is 15.2. The van der Waals surface area contributed by atoms with Crippen molar-refractivity contribution in [2.45, 2.75) is 37.6 Å². The summed E-state index contributed by atoms with van der Waals surface area (Å²) in [4.78, 5) is 12.6. The van der Waals surface area contributed by atoms with Crippen molar-refractivity contribution in [1.82, 2.24) is 0 Å². The van der Waals surface area contributed by atoms with Crippen LogP contribution in [0.15, 0.2) is 45.6 Å². The van der Waals surface area contributed by atoms with Gasteiger partial charge in [-0.1, -0.05) is 30.3 Å². The summed E-state index contributed by atoms with van der Waals surface area (Å²) in [5.41, 5.74) is -0.503. The molecule has 10 nitrogen and oxygen atoms in total. The van der Waals surface area contributed by atoms with Crippen molar-refractivity contribution >= 4 is 11.0 Å². The van der Waals surface area contributed by atoms with Crippen LogP contribution in [-0.2, 0) is 4.74 Å². The molecular weight excluding hydrogens is 424 g/mol. The third-order valence-corrected chi connectivity index (χ3v) is 5.49. The minimum atomic E-state index is -1.68. The maximum atomic E-state index is 12.6. The number of fused-ring (bicyclic) bond motifs is 1. The van der Waals surface area contributed by atoms with Crippen LogP contribution < -0.4 is 10.4 Å². The van der Waals surface area contributed by atoms with Crippen LogP contribution in [0.3, 0.4) is 0 Å². The molecule has 4 rings (SSSR count). The molecule has 2 aromatic carbocycles. The number of aromatic hydroxyl groups is 2. The fourth-order valence-corrected chi connectivity index (χ4v) is 3.71. The maximum Gasteiger partial charge on any atom is 0.347 e. The number of phenols is 1. The minimum Gasteiger partial charge on any atom is -0.507 e. The summed E-state index contributed by atoms with van der Waals surface area (Å²) < 4.78 is 16.3. The Labute approximate surface area is 181 Å². The summed E-state index contributed by atoms with van der Waals surface area (Å²) in [5, 5.41) is 60.6. The molecule has 1 aromatic heterocycles. The molecule has 0 amide bonds. The molecule has 1 fully saturated rings. The Hall–Kier alpha value is -3.15. The van der Waals surface area contributed by atoms with E-state index < -0.39 is 54.4 Å². The Bertz CT molecular complexity index is 1190. The number of aliphatic hydroxyl groups is 4. The molecule has 32 heavy (non-hydrogen) atoms. The van der Waals surface area contributed by atoms with Gasteiger partial charge in [0, 0.05) is 11.6 Å². The fraction of sp³-hybridized carbons (Fsp3) is 0.318. The highest BCUT2D eigenvalue weighted by Gasteiger charge is 2.45. The summed E-state index contributed by atoms with van der Waals surface area (Å²) in [6, 6.07) is 9.46. The number of aliphatic hydroxyl groups excluding tert-OH is 4. The van der Waals surface area contributed by atoms with E-state index in [1.807, 2.05) is 0 Å². The topological polar surface area (TPSA) is 170 Å². The lowest BCUT2D eigenvalue weighted by Crippen LogP contribution is -2.60. The van der Waals surface area contributed by atoms with E-state index in [-0.39, 0.29) is 27.8 Å². The van der Waals surface area contributed by atoms with Crippen molar-refractivity contribution < 1.29 is 44.5 Å². The molecule has 0 bridgehead atoms. The number of aryl methyl sites for hydroxylation is 1. The molecule has 2 heterocycles. The van der Waals surface area contributed by atoms with E-state index >= 15 is 0 Å². The Kier molecular flexibility index (Phi) is 5.80. The van der Waals surface area contributed by atoms with Gasteiger partial charge in [0.1, 0.15) is 52.6 Å². The molecular formula is C22H22O10. The monoisotopic (exact) mass is 446 g/mol. The zero-order chi connectivity index (χ0) is 23.2. The SMILES string of the molecule is Cc1c(O[C@@H]2O[C@H](CO)[C@@H](O)[C@H](O)[C@H]2O)cc(O)c2c(O)c(-c3ccccc3)c(=O)oc12. The van der Waals surface area contributed by atoms with Gasteiger partial charge in [-0.15, -0.1) is 0 Å². The van der Waals surface area contributed by atoms with Gasteiger partial charge in [0.2, 0.25) is 6.29 Å². The third kappa shape index (κ3) is 3.57. The van der Waals surface area contributed by atoms with E-state index in [0.717, 1.165) is 6.07 Å². The lowest BCUT2D eigenvalue weighted by Gasteiger charge is -2.39. The van der Waals surface area contributed by atoms with E-state index in [2.05, 4.69) is 0 Å².